The van der Waals surface area contributed by atoms with Crippen LogP contribution in [0.15, 0.2) is 12.1 Å². The van der Waals surface area contributed by atoms with E-state index in [9.17, 15) is 20.1 Å². The molecule has 11 aliphatic rings. The number of benzene rings is 1. The quantitative estimate of drug-likeness (QED) is 0.149. The van der Waals surface area contributed by atoms with Crippen LogP contribution in [0.5, 0.6) is 11.5 Å². The Kier molecular flexibility index (Phi) is 11.4. The number of nitrogens with one attached hydrogen (secondary N) is 2. The van der Waals surface area contributed by atoms with E-state index >= 15 is 9.59 Å². The van der Waals surface area contributed by atoms with E-state index in [4.69, 9.17) is 14.2 Å². The van der Waals surface area contributed by atoms with Crippen molar-refractivity contribution >= 4 is 17.8 Å². The Morgan fingerprint density at radius 1 is 0.969 bits per heavy atom. The van der Waals surface area contributed by atoms with Crippen LogP contribution >= 0.6 is 0 Å². The summed E-state index contributed by atoms with van der Waals surface area (Å²) < 4.78 is 21.0. The number of aliphatic hydroxyl groups excluding tert-OH is 2. The summed E-state index contributed by atoms with van der Waals surface area (Å²) in [6.45, 7) is 5.26. The molecule has 354 valence electrons. The normalized spacial score (nSPS) is 42.6. The van der Waals surface area contributed by atoms with Crippen LogP contribution < -0.4 is 15.4 Å². The molecule has 5 heterocycles. The molecule has 15 atom stereocenters. The first kappa shape index (κ1) is 44.2. The lowest BCUT2D eigenvalue weighted by molar-refractivity contribution is -0.192. The van der Waals surface area contributed by atoms with Crippen LogP contribution in [0.4, 0.5) is 0 Å². The fourth-order valence-corrected chi connectivity index (χ4v) is 17.9. The summed E-state index contributed by atoms with van der Waals surface area (Å²) in [4.78, 5) is 44.6. The van der Waals surface area contributed by atoms with Crippen molar-refractivity contribution in [2.75, 3.05) is 26.3 Å². The first-order valence-electron chi connectivity index (χ1n) is 26.1. The van der Waals surface area contributed by atoms with Gasteiger partial charge in [-0.15, -0.1) is 5.92 Å². The van der Waals surface area contributed by atoms with E-state index < -0.39 is 34.7 Å². The minimum absolute atomic E-state index is 0.00000359. The highest BCUT2D eigenvalue weighted by Gasteiger charge is 2.68. The number of piperidine rings is 2. The lowest BCUT2D eigenvalue weighted by Gasteiger charge is -2.57. The molecule has 65 heavy (non-hydrogen) atoms. The number of hydrogen-bond acceptors (Lipinski definition) is 10. The van der Waals surface area contributed by atoms with Crippen molar-refractivity contribution in [1.29, 1.82) is 0 Å². The zero-order valence-electron chi connectivity index (χ0n) is 38.9. The van der Waals surface area contributed by atoms with Gasteiger partial charge in [-0.3, -0.25) is 9.59 Å². The van der Waals surface area contributed by atoms with Crippen molar-refractivity contribution in [3.8, 4) is 23.3 Å². The van der Waals surface area contributed by atoms with Crippen LogP contribution in [-0.4, -0.2) is 83.3 Å². The van der Waals surface area contributed by atoms with Crippen LogP contribution in [0.2, 0.25) is 0 Å². The number of rotatable bonds is 5. The molecule has 11 heteroatoms. The Morgan fingerprint density at radius 3 is 2.52 bits per heavy atom. The fraction of sp³-hybridized carbons (Fsp3) is 0.796. The van der Waals surface area contributed by atoms with Crippen LogP contribution in [-0.2, 0) is 23.9 Å². The third kappa shape index (κ3) is 6.92. The maximum atomic E-state index is 16.0. The topological polar surface area (TPSA) is 164 Å². The van der Waals surface area contributed by atoms with E-state index in [1.54, 1.807) is 6.07 Å². The van der Waals surface area contributed by atoms with Crippen molar-refractivity contribution < 1.29 is 43.9 Å². The van der Waals surface area contributed by atoms with E-state index in [0.29, 0.717) is 76.3 Å². The molecule has 2 bridgehead atoms. The number of carbonyl (C=O) groups excluding carboxylic acids is 3. The summed E-state index contributed by atoms with van der Waals surface area (Å²) in [7, 11) is 0. The molecule has 5 N–H and O–H groups in total. The monoisotopic (exact) mass is 895 g/mol. The summed E-state index contributed by atoms with van der Waals surface area (Å²) in [5.41, 5.74) is -0.478. The number of hydrogen-bond donors (Lipinski definition) is 5. The molecule has 5 aliphatic heterocycles. The summed E-state index contributed by atoms with van der Waals surface area (Å²) in [6.07, 6.45) is 14.4. The molecule has 1 amide bonds. The average Bonchev–Trinajstić information content (AvgIpc) is 4.03. The number of aliphatic hydroxyl groups is 2. The fourth-order valence-electron chi connectivity index (χ4n) is 17.9. The number of amides is 1. The van der Waals surface area contributed by atoms with Gasteiger partial charge in [0.15, 0.2) is 11.5 Å². The molecule has 1 aromatic carbocycles. The third-order valence-corrected chi connectivity index (χ3v) is 20.4. The molecular weight excluding hydrogens is 821 g/mol. The molecule has 11 nitrogen and oxygen atoms in total. The summed E-state index contributed by atoms with van der Waals surface area (Å²) >= 11 is 0. The zero-order valence-corrected chi connectivity index (χ0v) is 38.9. The van der Waals surface area contributed by atoms with E-state index in [0.717, 1.165) is 94.6 Å². The zero-order chi connectivity index (χ0) is 44.9. The minimum Gasteiger partial charge on any atom is -0.504 e. The number of aromatic hydroxyl groups is 1. The first-order chi connectivity index (χ1) is 31.4. The molecule has 4 saturated carbocycles. The maximum absolute atomic E-state index is 16.0. The second-order valence-corrected chi connectivity index (χ2v) is 23.4. The number of phenols is 1. The van der Waals surface area contributed by atoms with Gasteiger partial charge in [-0.1, -0.05) is 37.7 Å². The summed E-state index contributed by atoms with van der Waals surface area (Å²) in [5, 5.41) is 41.1. The van der Waals surface area contributed by atoms with Gasteiger partial charge in [0.05, 0.1) is 18.1 Å². The van der Waals surface area contributed by atoms with Crippen LogP contribution in [0.1, 0.15) is 165 Å². The third-order valence-electron chi connectivity index (χ3n) is 20.4. The second-order valence-electron chi connectivity index (χ2n) is 23.4. The van der Waals surface area contributed by atoms with Crippen molar-refractivity contribution in [1.82, 2.24) is 10.6 Å². The van der Waals surface area contributed by atoms with Gasteiger partial charge < -0.3 is 40.2 Å². The van der Waals surface area contributed by atoms with E-state index in [-0.39, 0.29) is 88.9 Å². The molecule has 12 rings (SSSR count). The highest BCUT2D eigenvalue weighted by molar-refractivity contribution is 5.93. The summed E-state index contributed by atoms with van der Waals surface area (Å²) in [5.74, 6) is 7.69. The molecule has 1 aromatic rings. The maximum Gasteiger partial charge on any atom is 0.332 e. The van der Waals surface area contributed by atoms with Gasteiger partial charge in [0, 0.05) is 60.0 Å². The molecular formula is C54H74N2O9. The predicted octanol–water partition coefficient (Wildman–Crippen LogP) is 7.43. The van der Waals surface area contributed by atoms with Crippen molar-refractivity contribution in [2.24, 2.45) is 63.6 Å². The molecule has 15 unspecified atom stereocenters. The Balaban J connectivity index is 1.15. The van der Waals surface area contributed by atoms with Crippen molar-refractivity contribution in [2.45, 2.75) is 178 Å². The smallest absolute Gasteiger partial charge is 0.332 e. The van der Waals surface area contributed by atoms with Gasteiger partial charge in [-0.25, -0.2) is 4.79 Å². The standard InChI is InChI=1S/C54H74N2O9/c1-31(58)24-33-8-7-9-35-26-39-41(51(30-57)16-5-6-17-51)29-63-47-42(60)14-13-38(44(39)47)46(35)52(20-22-55-23-21-52)48-40(43(25-33)64-32(2)59)27-36-12-11-34-15-19-53(45(34)36)28-37-10-3-4-18-54(37,50(62)65-48)56-49(53)61/h13-14,31,33-37,39-41,43,45-46,48,55,57-58,60H,3-6,8,10-12,15-30H2,1-2H3,(H,56,61). The number of esters is 2. The Bertz CT molecular complexity index is 2100. The number of fused-ring (bicyclic) bond motifs is 5. The SMILES string of the molecule is CC(=O)OC1CC(CC(C)O)CC#CC2CC3c4c(ccc(O)c4OCC3C3(CO)CCCC3)C2C2(CCNCC2)C2OC(=O)C34CCCCC3CC3(CCC5CCC(CC12)C53)C(=O)N4. The predicted molar refractivity (Wildman–Crippen MR) is 242 cm³/mol. The Morgan fingerprint density at radius 2 is 1.75 bits per heavy atom. The Labute approximate surface area is 385 Å². The highest BCUT2D eigenvalue weighted by atomic mass is 16.6. The second kappa shape index (κ2) is 16.7. The first-order valence-corrected chi connectivity index (χ1v) is 26.1. The van der Waals surface area contributed by atoms with Crippen LogP contribution in [0.3, 0.4) is 0 Å². The van der Waals surface area contributed by atoms with Crippen molar-refractivity contribution in [3.05, 3.63) is 23.3 Å². The van der Waals surface area contributed by atoms with Gasteiger partial charge in [-0.2, -0.15) is 0 Å². The van der Waals surface area contributed by atoms with Gasteiger partial charge >= 0.3 is 11.9 Å². The molecule has 0 aromatic heterocycles. The van der Waals surface area contributed by atoms with E-state index in [1.807, 2.05) is 6.92 Å². The van der Waals surface area contributed by atoms with Gasteiger partial charge in [0.2, 0.25) is 5.91 Å². The highest BCUT2D eigenvalue weighted by Crippen LogP contribution is 2.68. The molecule has 0 radical (unpaired) electrons. The number of phenolic OH excluding ortho intramolecular Hbond substituents is 1. The molecule has 8 fully saturated rings. The van der Waals surface area contributed by atoms with E-state index in [2.05, 4.69) is 28.5 Å². The van der Waals surface area contributed by atoms with Crippen LogP contribution in [0.25, 0.3) is 0 Å². The van der Waals surface area contributed by atoms with Gasteiger partial charge in [-0.05, 0) is 163 Å². The van der Waals surface area contributed by atoms with Gasteiger partial charge in [0.1, 0.15) is 17.7 Å². The van der Waals surface area contributed by atoms with Crippen LogP contribution in [0, 0.1) is 75.4 Å². The van der Waals surface area contributed by atoms with Gasteiger partial charge in [0.25, 0.3) is 0 Å². The molecule has 6 aliphatic carbocycles. The molecule has 4 saturated heterocycles. The lowest BCUT2D eigenvalue weighted by Crippen LogP contribution is -2.70. The average molecular weight is 895 g/mol. The minimum atomic E-state index is -1.12. The number of carbonyl (C=O) groups is 3. The largest absolute Gasteiger partial charge is 0.504 e. The lowest BCUT2D eigenvalue weighted by atomic mass is 9.50. The molecule has 3 spiro atoms. The number of ether oxygens (including phenoxy) is 3. The van der Waals surface area contributed by atoms with E-state index in [1.165, 1.54) is 6.92 Å². The Hall–Kier alpha value is -3.33. The summed E-state index contributed by atoms with van der Waals surface area (Å²) in [6, 6.07) is 3.90. The van der Waals surface area contributed by atoms with Crippen molar-refractivity contribution in [3.63, 3.8) is 0 Å².